The lowest BCUT2D eigenvalue weighted by Gasteiger charge is -2.16. The molecule has 0 aliphatic heterocycles. The van der Waals surface area contributed by atoms with E-state index in [0.29, 0.717) is 0 Å². The summed E-state index contributed by atoms with van der Waals surface area (Å²) in [5.41, 5.74) is 5.47. The molecule has 0 amide bonds. The van der Waals surface area contributed by atoms with Crippen LogP contribution in [0.2, 0.25) is 0 Å². The molecule has 0 saturated heterocycles. The molecule has 2 unspecified atom stereocenters. The molecule has 9 heteroatoms. The van der Waals surface area contributed by atoms with Gasteiger partial charge in [-0.2, -0.15) is 28.1 Å². The fourth-order valence-corrected chi connectivity index (χ4v) is 2.35. The molecule has 21 heavy (non-hydrogen) atoms. The van der Waals surface area contributed by atoms with Crippen LogP contribution in [0.1, 0.15) is 36.5 Å². The van der Waals surface area contributed by atoms with E-state index in [4.69, 9.17) is 5.73 Å². The molecule has 2 heterocycles. The third-order valence-corrected chi connectivity index (χ3v) is 3.92. The van der Waals surface area contributed by atoms with Gasteiger partial charge in [0.2, 0.25) is 11.9 Å². The number of thiophene rings is 1. The fraction of sp³-hybridized carbons (Fsp3) is 0.417. The maximum atomic E-state index is 12.7. The normalized spacial score (nSPS) is 14.7. The predicted octanol–water partition coefficient (Wildman–Crippen LogP) is 3.35. The molecule has 0 aromatic carbocycles. The quantitative estimate of drug-likeness (QED) is 0.904. The molecule has 2 aromatic rings. The van der Waals surface area contributed by atoms with Crippen molar-refractivity contribution in [2.45, 2.75) is 32.0 Å². The number of nitrogens with one attached hydrogen (secondary N) is 1. The van der Waals surface area contributed by atoms with Crippen molar-refractivity contribution in [2.24, 2.45) is 0 Å². The zero-order chi connectivity index (χ0) is 15.6. The Balaban J connectivity index is 2.23. The first-order chi connectivity index (χ1) is 9.77. The van der Waals surface area contributed by atoms with Gasteiger partial charge in [0.25, 0.3) is 0 Å². The number of nitrogens with two attached hydrogens (primary N) is 1. The van der Waals surface area contributed by atoms with Gasteiger partial charge in [0.1, 0.15) is 11.7 Å². The Labute approximate surface area is 123 Å². The molecule has 5 nitrogen and oxygen atoms in total. The Bertz CT molecular complexity index is 599. The van der Waals surface area contributed by atoms with Gasteiger partial charge in [-0.15, -0.1) is 11.3 Å². The number of rotatable bonds is 4. The van der Waals surface area contributed by atoms with E-state index in [2.05, 4.69) is 20.3 Å². The number of anilines is 2. The topological polar surface area (TPSA) is 76.7 Å². The Morgan fingerprint density at radius 1 is 1.24 bits per heavy atom. The second kappa shape index (κ2) is 5.84. The highest BCUT2D eigenvalue weighted by molar-refractivity contribution is 7.10. The highest BCUT2D eigenvalue weighted by atomic mass is 32.1. The minimum absolute atomic E-state index is 0.0366. The summed E-state index contributed by atoms with van der Waals surface area (Å²) in [4.78, 5) is 12.2. The maximum Gasteiger partial charge on any atom is 0.398 e. The van der Waals surface area contributed by atoms with Crippen molar-refractivity contribution in [2.75, 3.05) is 11.1 Å². The largest absolute Gasteiger partial charge is 0.398 e. The van der Waals surface area contributed by atoms with Crippen LogP contribution >= 0.6 is 11.3 Å². The summed E-state index contributed by atoms with van der Waals surface area (Å²) in [6.45, 7) is 2.85. The van der Waals surface area contributed by atoms with Gasteiger partial charge in [0.15, 0.2) is 0 Å². The standard InChI is InChI=1S/C12H14F3N5S/c1-6(12(13,14)15)9-18-10(16)20-11(19-9)17-7(2)8-4-3-5-21-8/h3-7H,1-2H3,(H3,16,17,18,19,20). The van der Waals surface area contributed by atoms with Crippen LogP contribution in [-0.4, -0.2) is 21.1 Å². The van der Waals surface area contributed by atoms with Crippen LogP contribution < -0.4 is 11.1 Å². The molecule has 2 rings (SSSR count). The maximum absolute atomic E-state index is 12.7. The van der Waals surface area contributed by atoms with Crippen molar-refractivity contribution in [3.63, 3.8) is 0 Å². The van der Waals surface area contributed by atoms with E-state index in [-0.39, 0.29) is 17.9 Å². The predicted molar refractivity (Wildman–Crippen MR) is 75.1 cm³/mol. The van der Waals surface area contributed by atoms with Crippen molar-refractivity contribution < 1.29 is 13.2 Å². The molecular weight excluding hydrogens is 303 g/mol. The van der Waals surface area contributed by atoms with Gasteiger partial charge in [-0.25, -0.2) is 0 Å². The smallest absolute Gasteiger partial charge is 0.368 e. The lowest BCUT2D eigenvalue weighted by atomic mass is 10.1. The van der Waals surface area contributed by atoms with Gasteiger partial charge in [-0.05, 0) is 25.3 Å². The number of hydrogen-bond donors (Lipinski definition) is 2. The summed E-state index contributed by atoms with van der Waals surface area (Å²) in [6, 6.07) is 3.66. The van der Waals surface area contributed by atoms with E-state index in [1.807, 2.05) is 24.4 Å². The third kappa shape index (κ3) is 3.81. The third-order valence-electron chi connectivity index (χ3n) is 2.86. The minimum Gasteiger partial charge on any atom is -0.368 e. The van der Waals surface area contributed by atoms with Crippen LogP contribution in [-0.2, 0) is 0 Å². The van der Waals surface area contributed by atoms with Crippen LogP contribution in [0.5, 0.6) is 0 Å². The lowest BCUT2D eigenvalue weighted by Crippen LogP contribution is -2.22. The summed E-state index contributed by atoms with van der Waals surface area (Å²) in [5.74, 6) is -2.40. The van der Waals surface area contributed by atoms with Crippen LogP contribution in [0.25, 0.3) is 0 Å². The molecule has 0 bridgehead atoms. The first-order valence-electron chi connectivity index (χ1n) is 6.15. The van der Waals surface area contributed by atoms with Gasteiger partial charge >= 0.3 is 6.18 Å². The van der Waals surface area contributed by atoms with Crippen molar-refractivity contribution in [1.29, 1.82) is 0 Å². The van der Waals surface area contributed by atoms with E-state index < -0.39 is 17.9 Å². The number of hydrogen-bond acceptors (Lipinski definition) is 6. The molecule has 0 aliphatic carbocycles. The molecule has 0 radical (unpaired) electrons. The molecule has 2 atom stereocenters. The van der Waals surface area contributed by atoms with Crippen molar-refractivity contribution in [3.8, 4) is 0 Å². The van der Waals surface area contributed by atoms with Gasteiger partial charge in [0, 0.05) is 4.88 Å². The Morgan fingerprint density at radius 3 is 2.52 bits per heavy atom. The lowest BCUT2D eigenvalue weighted by molar-refractivity contribution is -0.147. The molecule has 0 saturated carbocycles. The molecule has 114 valence electrons. The average Bonchev–Trinajstić information content (AvgIpc) is 2.89. The van der Waals surface area contributed by atoms with Gasteiger partial charge in [-0.3, -0.25) is 0 Å². The molecular formula is C12H14F3N5S. The number of nitrogens with zero attached hydrogens (tertiary/aromatic N) is 3. The van der Waals surface area contributed by atoms with E-state index in [0.717, 1.165) is 11.8 Å². The Morgan fingerprint density at radius 2 is 1.95 bits per heavy atom. The highest BCUT2D eigenvalue weighted by Gasteiger charge is 2.39. The summed E-state index contributed by atoms with van der Waals surface area (Å²) < 4.78 is 38.2. The second-order valence-electron chi connectivity index (χ2n) is 4.52. The Kier molecular flexibility index (Phi) is 4.31. The zero-order valence-corrected chi connectivity index (χ0v) is 12.2. The first kappa shape index (κ1) is 15.5. The molecule has 3 N–H and O–H groups in total. The van der Waals surface area contributed by atoms with E-state index in [1.165, 1.54) is 11.3 Å². The van der Waals surface area contributed by atoms with Crippen LogP contribution in [0.15, 0.2) is 17.5 Å². The van der Waals surface area contributed by atoms with E-state index in [1.54, 1.807) is 0 Å². The number of alkyl halides is 3. The molecule has 2 aromatic heterocycles. The fourth-order valence-electron chi connectivity index (χ4n) is 1.62. The van der Waals surface area contributed by atoms with E-state index >= 15 is 0 Å². The monoisotopic (exact) mass is 317 g/mol. The van der Waals surface area contributed by atoms with Crippen molar-refractivity contribution in [1.82, 2.24) is 15.0 Å². The second-order valence-corrected chi connectivity index (χ2v) is 5.50. The van der Waals surface area contributed by atoms with Crippen molar-refractivity contribution >= 4 is 23.2 Å². The van der Waals surface area contributed by atoms with Gasteiger partial charge < -0.3 is 11.1 Å². The average molecular weight is 317 g/mol. The van der Waals surface area contributed by atoms with Crippen LogP contribution in [0.4, 0.5) is 25.1 Å². The Hall–Kier alpha value is -1.90. The molecule has 0 fully saturated rings. The number of nitrogen functional groups attached to an aromatic ring is 1. The zero-order valence-electron chi connectivity index (χ0n) is 11.3. The van der Waals surface area contributed by atoms with Crippen LogP contribution in [0, 0.1) is 0 Å². The highest BCUT2D eigenvalue weighted by Crippen LogP contribution is 2.33. The van der Waals surface area contributed by atoms with E-state index in [9.17, 15) is 13.2 Å². The number of halogens is 3. The summed E-state index contributed by atoms with van der Waals surface area (Å²) in [7, 11) is 0. The summed E-state index contributed by atoms with van der Waals surface area (Å²) in [6.07, 6.45) is -4.43. The summed E-state index contributed by atoms with van der Waals surface area (Å²) in [5, 5.41) is 4.84. The SMILES string of the molecule is CC(Nc1nc(N)nc(C(C)C(F)(F)F)n1)c1cccs1. The molecule has 0 spiro atoms. The summed E-state index contributed by atoms with van der Waals surface area (Å²) >= 11 is 1.52. The van der Waals surface area contributed by atoms with Crippen molar-refractivity contribution in [3.05, 3.63) is 28.2 Å². The molecule has 0 aliphatic rings. The number of aromatic nitrogens is 3. The van der Waals surface area contributed by atoms with Gasteiger partial charge in [-0.1, -0.05) is 6.07 Å². The van der Waals surface area contributed by atoms with Crippen LogP contribution in [0.3, 0.4) is 0 Å². The van der Waals surface area contributed by atoms with Gasteiger partial charge in [0.05, 0.1) is 6.04 Å². The first-order valence-corrected chi connectivity index (χ1v) is 7.03. The minimum atomic E-state index is -4.43.